The van der Waals surface area contributed by atoms with Gasteiger partial charge in [0.25, 0.3) is 5.91 Å². The van der Waals surface area contributed by atoms with Crippen LogP contribution in [0.1, 0.15) is 0 Å². The molecule has 0 atom stereocenters. The van der Waals surface area contributed by atoms with E-state index in [1.165, 1.54) is 6.20 Å². The van der Waals surface area contributed by atoms with Gasteiger partial charge in [0.1, 0.15) is 11.6 Å². The zero-order valence-electron chi connectivity index (χ0n) is 14.7. The van der Waals surface area contributed by atoms with E-state index >= 15 is 0 Å². The van der Waals surface area contributed by atoms with E-state index in [4.69, 9.17) is 11.6 Å². The Labute approximate surface area is 172 Å². The molecule has 3 aromatic carbocycles. The van der Waals surface area contributed by atoms with Gasteiger partial charge < -0.3 is 10.6 Å². The number of carbonyl (C=O) groups is 1. The Hall–Kier alpha value is -3.20. The van der Waals surface area contributed by atoms with Crippen LogP contribution >= 0.6 is 23.4 Å². The maximum Gasteiger partial charge on any atom is 0.267 e. The third-order valence-corrected chi connectivity index (χ3v) is 5.00. The largest absolute Gasteiger partial charge is 0.359 e. The van der Waals surface area contributed by atoms with Gasteiger partial charge >= 0.3 is 0 Å². The zero-order chi connectivity index (χ0) is 19.8. The molecule has 0 aliphatic carbocycles. The molecule has 2 N–H and O–H groups in total. The average Bonchev–Trinajstić information content (AvgIpc) is 2.70. The van der Waals surface area contributed by atoms with E-state index in [0.717, 1.165) is 15.5 Å². The van der Waals surface area contributed by atoms with E-state index in [9.17, 15) is 10.1 Å². The van der Waals surface area contributed by atoms with E-state index in [-0.39, 0.29) is 5.57 Å². The Kier molecular flexibility index (Phi) is 6.74. The van der Waals surface area contributed by atoms with Crippen LogP contribution in [0.25, 0.3) is 0 Å². The number of nitrogens with zero attached hydrogens (tertiary/aromatic N) is 1. The quantitative estimate of drug-likeness (QED) is 0.393. The van der Waals surface area contributed by atoms with Crippen molar-refractivity contribution in [3.05, 3.63) is 95.7 Å². The highest BCUT2D eigenvalue weighted by Crippen LogP contribution is 2.33. The molecular weight excluding hydrogens is 390 g/mol. The molecule has 0 aliphatic heterocycles. The van der Waals surface area contributed by atoms with E-state index < -0.39 is 5.91 Å². The van der Waals surface area contributed by atoms with Gasteiger partial charge in [-0.25, -0.2) is 0 Å². The molecule has 1 amide bonds. The highest BCUT2D eigenvalue weighted by atomic mass is 35.5. The molecule has 0 spiro atoms. The number of carbonyl (C=O) groups excluding carboxylic acids is 1. The van der Waals surface area contributed by atoms with Crippen LogP contribution in [0.15, 0.2) is 100 Å². The summed E-state index contributed by atoms with van der Waals surface area (Å²) in [5, 5.41) is 15.6. The van der Waals surface area contributed by atoms with Crippen LogP contribution in [0, 0.1) is 11.3 Å². The lowest BCUT2D eigenvalue weighted by Crippen LogP contribution is -2.14. The van der Waals surface area contributed by atoms with Crippen molar-refractivity contribution in [2.75, 3.05) is 10.6 Å². The van der Waals surface area contributed by atoms with Crippen molar-refractivity contribution < 1.29 is 4.79 Å². The lowest BCUT2D eigenvalue weighted by Gasteiger charge is -2.10. The number of anilines is 2. The van der Waals surface area contributed by atoms with Crippen LogP contribution in [-0.2, 0) is 4.79 Å². The molecule has 0 heterocycles. The molecule has 3 rings (SSSR count). The highest BCUT2D eigenvalue weighted by molar-refractivity contribution is 7.99. The van der Waals surface area contributed by atoms with Crippen molar-refractivity contribution in [3.63, 3.8) is 0 Å². The zero-order valence-corrected chi connectivity index (χ0v) is 16.3. The molecule has 3 aromatic rings. The van der Waals surface area contributed by atoms with E-state index in [0.29, 0.717) is 10.7 Å². The van der Waals surface area contributed by atoms with Gasteiger partial charge in [-0.1, -0.05) is 59.8 Å². The summed E-state index contributed by atoms with van der Waals surface area (Å²) in [4.78, 5) is 14.4. The lowest BCUT2D eigenvalue weighted by atomic mass is 10.2. The fraction of sp³-hybridized carbons (Fsp3) is 0. The molecule has 0 radical (unpaired) electrons. The van der Waals surface area contributed by atoms with Gasteiger partial charge in [0.15, 0.2) is 0 Å². The number of nitrogens with one attached hydrogen (secondary N) is 2. The SMILES string of the molecule is N#C/C(=C/Nc1ccccc1Sc1ccccc1)C(=O)Nc1cccc(Cl)c1. The lowest BCUT2D eigenvalue weighted by molar-refractivity contribution is -0.112. The van der Waals surface area contributed by atoms with Gasteiger partial charge in [0.05, 0.1) is 5.69 Å². The minimum atomic E-state index is -0.509. The second-order valence-corrected chi connectivity index (χ2v) is 7.24. The number of nitriles is 1. The molecular formula is C22H16ClN3OS. The minimum absolute atomic E-state index is 0.0421. The fourth-order valence-corrected chi connectivity index (χ4v) is 3.47. The van der Waals surface area contributed by atoms with Gasteiger partial charge in [-0.15, -0.1) is 0 Å². The molecule has 0 bridgehead atoms. The first-order chi connectivity index (χ1) is 13.7. The summed E-state index contributed by atoms with van der Waals surface area (Å²) in [6, 6.07) is 26.4. The van der Waals surface area contributed by atoms with Crippen LogP contribution in [0.2, 0.25) is 5.02 Å². The van der Waals surface area contributed by atoms with E-state index in [2.05, 4.69) is 10.6 Å². The van der Waals surface area contributed by atoms with Crippen LogP contribution in [0.5, 0.6) is 0 Å². The first-order valence-corrected chi connectivity index (χ1v) is 9.61. The molecule has 0 saturated carbocycles. The molecule has 0 saturated heterocycles. The Morgan fingerprint density at radius 2 is 1.75 bits per heavy atom. The second kappa shape index (κ2) is 9.65. The smallest absolute Gasteiger partial charge is 0.267 e. The summed E-state index contributed by atoms with van der Waals surface area (Å²) in [6.45, 7) is 0. The highest BCUT2D eigenvalue weighted by Gasteiger charge is 2.10. The number of halogens is 1. The van der Waals surface area contributed by atoms with Crippen LogP contribution in [0.3, 0.4) is 0 Å². The Morgan fingerprint density at radius 1 is 1.00 bits per heavy atom. The van der Waals surface area contributed by atoms with Crippen molar-refractivity contribution in [1.29, 1.82) is 5.26 Å². The number of amides is 1. The summed E-state index contributed by atoms with van der Waals surface area (Å²) in [7, 11) is 0. The number of hydrogen-bond acceptors (Lipinski definition) is 4. The molecule has 0 aliphatic rings. The Balaban J connectivity index is 1.74. The van der Waals surface area contributed by atoms with Gasteiger partial charge in [0.2, 0.25) is 0 Å². The first-order valence-electron chi connectivity index (χ1n) is 8.41. The summed E-state index contributed by atoms with van der Waals surface area (Å²) in [6.07, 6.45) is 1.41. The molecule has 0 fully saturated rings. The predicted molar refractivity (Wildman–Crippen MR) is 114 cm³/mol. The average molecular weight is 406 g/mol. The molecule has 28 heavy (non-hydrogen) atoms. The molecule has 0 aromatic heterocycles. The maximum atomic E-state index is 12.4. The molecule has 0 unspecified atom stereocenters. The monoisotopic (exact) mass is 405 g/mol. The van der Waals surface area contributed by atoms with E-state index in [1.54, 1.807) is 36.0 Å². The standard InChI is InChI=1S/C22H16ClN3OS/c23-17-7-6-8-18(13-17)26-22(27)16(14-24)15-25-20-11-4-5-12-21(20)28-19-9-2-1-3-10-19/h1-13,15,25H,(H,26,27)/b16-15-. The van der Waals surface area contributed by atoms with E-state index in [1.807, 2.05) is 60.7 Å². The first kappa shape index (κ1) is 19.6. The Bertz CT molecular complexity index is 1040. The van der Waals surface area contributed by atoms with Crippen LogP contribution in [0.4, 0.5) is 11.4 Å². The minimum Gasteiger partial charge on any atom is -0.359 e. The Morgan fingerprint density at radius 3 is 2.50 bits per heavy atom. The van der Waals surface area contributed by atoms with Crippen LogP contribution in [-0.4, -0.2) is 5.91 Å². The summed E-state index contributed by atoms with van der Waals surface area (Å²) >= 11 is 7.52. The van der Waals surface area contributed by atoms with Crippen molar-refractivity contribution >= 4 is 40.6 Å². The molecule has 138 valence electrons. The summed E-state index contributed by atoms with van der Waals surface area (Å²) < 4.78 is 0. The molecule has 4 nitrogen and oxygen atoms in total. The number of hydrogen-bond donors (Lipinski definition) is 2. The van der Waals surface area contributed by atoms with Crippen molar-refractivity contribution in [2.45, 2.75) is 9.79 Å². The second-order valence-electron chi connectivity index (χ2n) is 5.69. The van der Waals surface area contributed by atoms with Crippen molar-refractivity contribution in [2.24, 2.45) is 0 Å². The molecule has 6 heteroatoms. The van der Waals surface area contributed by atoms with Gasteiger partial charge in [-0.05, 0) is 42.5 Å². The normalized spacial score (nSPS) is 10.8. The van der Waals surface area contributed by atoms with Crippen molar-refractivity contribution in [3.8, 4) is 6.07 Å². The number of benzene rings is 3. The predicted octanol–water partition coefficient (Wildman–Crippen LogP) is 5.95. The van der Waals surface area contributed by atoms with Gasteiger partial charge in [-0.2, -0.15) is 5.26 Å². The van der Waals surface area contributed by atoms with Gasteiger partial charge in [0, 0.05) is 26.7 Å². The number of para-hydroxylation sites is 1. The van der Waals surface area contributed by atoms with Gasteiger partial charge in [-0.3, -0.25) is 4.79 Å². The summed E-state index contributed by atoms with van der Waals surface area (Å²) in [5.74, 6) is -0.509. The van der Waals surface area contributed by atoms with Crippen molar-refractivity contribution in [1.82, 2.24) is 0 Å². The fourth-order valence-electron chi connectivity index (χ4n) is 2.35. The third kappa shape index (κ3) is 5.40. The summed E-state index contributed by atoms with van der Waals surface area (Å²) in [5.41, 5.74) is 1.29. The number of rotatable bonds is 6. The maximum absolute atomic E-state index is 12.4. The third-order valence-electron chi connectivity index (χ3n) is 3.68. The topological polar surface area (TPSA) is 64.9 Å². The van der Waals surface area contributed by atoms with Crippen LogP contribution < -0.4 is 10.6 Å².